The fourth-order valence-corrected chi connectivity index (χ4v) is 4.26. The monoisotopic (exact) mass is 478 g/mol. The number of amides is 1. The number of H-pyrrole nitrogens is 1. The number of halogens is 1. The molecule has 2 aromatic heterocycles. The van der Waals surface area contributed by atoms with Gasteiger partial charge in [-0.3, -0.25) is 9.89 Å². The maximum Gasteiger partial charge on any atom is 0.255 e. The number of hydrogen-bond acceptors (Lipinski definition) is 8. The Morgan fingerprint density at radius 3 is 2.67 bits per heavy atom. The highest BCUT2D eigenvalue weighted by molar-refractivity contribution is 7.18. The molecule has 1 amide bonds. The number of rotatable bonds is 5. The molecule has 9 nitrogen and oxygen atoms in total. The summed E-state index contributed by atoms with van der Waals surface area (Å²) in [5.74, 6) is -0.869. The first-order valence-corrected chi connectivity index (χ1v) is 10.8. The van der Waals surface area contributed by atoms with E-state index in [2.05, 4.69) is 31.0 Å². The van der Waals surface area contributed by atoms with Crippen LogP contribution in [0.3, 0.4) is 0 Å². The van der Waals surface area contributed by atoms with Crippen molar-refractivity contribution in [3.63, 3.8) is 0 Å². The van der Waals surface area contributed by atoms with Crippen molar-refractivity contribution in [2.75, 3.05) is 10.6 Å². The van der Waals surface area contributed by atoms with Gasteiger partial charge in [-0.25, -0.2) is 0 Å². The number of phenols is 2. The first kappa shape index (κ1) is 20.7. The van der Waals surface area contributed by atoms with Crippen LogP contribution in [0.25, 0.3) is 21.5 Å². The van der Waals surface area contributed by atoms with Crippen molar-refractivity contribution >= 4 is 56.3 Å². The Morgan fingerprint density at radius 2 is 1.85 bits per heavy atom. The van der Waals surface area contributed by atoms with Crippen molar-refractivity contribution < 1.29 is 15.0 Å². The zero-order chi connectivity index (χ0) is 22.9. The predicted octanol–water partition coefficient (Wildman–Crippen LogP) is 5.14. The number of carbonyl (C=O) groups excluding carboxylic acids is 1. The highest BCUT2D eigenvalue weighted by Crippen LogP contribution is 2.35. The minimum absolute atomic E-state index is 0.131. The lowest BCUT2D eigenvalue weighted by Crippen LogP contribution is -2.11. The molecule has 5 rings (SSSR count). The molecular weight excluding hydrogens is 464 g/mol. The topological polar surface area (TPSA) is 136 Å². The second kappa shape index (κ2) is 8.41. The Labute approximate surface area is 195 Å². The lowest BCUT2D eigenvalue weighted by Gasteiger charge is -2.07. The Morgan fingerprint density at radius 1 is 1.03 bits per heavy atom. The summed E-state index contributed by atoms with van der Waals surface area (Å²) in [6.07, 6.45) is 1.66. The van der Waals surface area contributed by atoms with Crippen LogP contribution >= 0.6 is 22.9 Å². The number of benzene rings is 3. The molecule has 0 atom stereocenters. The fourth-order valence-electron chi connectivity index (χ4n) is 3.24. The summed E-state index contributed by atoms with van der Waals surface area (Å²) < 4.78 is 0. The molecule has 5 aromatic rings. The van der Waals surface area contributed by atoms with E-state index in [1.54, 1.807) is 24.4 Å². The Kier molecular flexibility index (Phi) is 5.29. The molecule has 3 aromatic carbocycles. The molecule has 0 fully saturated rings. The van der Waals surface area contributed by atoms with Gasteiger partial charge in [-0.05, 0) is 36.4 Å². The summed E-state index contributed by atoms with van der Waals surface area (Å²) in [7, 11) is 0. The zero-order valence-corrected chi connectivity index (χ0v) is 18.3. The van der Waals surface area contributed by atoms with Crippen LogP contribution in [0.4, 0.5) is 16.5 Å². The van der Waals surface area contributed by atoms with Crippen molar-refractivity contribution in [2.45, 2.75) is 0 Å². The zero-order valence-electron chi connectivity index (χ0n) is 16.7. The molecule has 0 bridgehead atoms. The summed E-state index contributed by atoms with van der Waals surface area (Å²) in [4.78, 5) is 12.5. The van der Waals surface area contributed by atoms with E-state index in [1.807, 2.05) is 18.2 Å². The summed E-state index contributed by atoms with van der Waals surface area (Å²) in [5.41, 5.74) is 2.94. The van der Waals surface area contributed by atoms with E-state index in [-0.39, 0.29) is 17.1 Å². The van der Waals surface area contributed by atoms with Crippen LogP contribution in [-0.4, -0.2) is 36.5 Å². The maximum absolute atomic E-state index is 12.5. The van der Waals surface area contributed by atoms with Gasteiger partial charge in [0.1, 0.15) is 16.5 Å². The standard InChI is InChI=1S/C22H15ClN6O3S/c23-19-16-10-24-27-17(16)4-5-18(19)26-22-29-28-21(33-22)11-2-1-3-13(6-11)25-20(32)12-7-14(30)9-15(31)8-12/h1-10,30-31H,(H,24,27)(H,25,32)(H,26,29). The smallest absolute Gasteiger partial charge is 0.255 e. The first-order valence-electron chi connectivity index (χ1n) is 9.63. The Balaban J connectivity index is 1.35. The third-order valence-electron chi connectivity index (χ3n) is 4.76. The molecule has 5 N–H and O–H groups in total. The molecule has 0 radical (unpaired) electrons. The van der Waals surface area contributed by atoms with Gasteiger partial charge in [0.15, 0.2) is 0 Å². The largest absolute Gasteiger partial charge is 0.508 e. The number of carbonyl (C=O) groups is 1. The van der Waals surface area contributed by atoms with E-state index in [0.29, 0.717) is 26.5 Å². The second-order valence-electron chi connectivity index (χ2n) is 7.07. The molecule has 0 saturated carbocycles. The molecule has 0 unspecified atom stereocenters. The second-order valence-corrected chi connectivity index (χ2v) is 8.42. The van der Waals surface area contributed by atoms with Crippen molar-refractivity contribution in [1.82, 2.24) is 20.4 Å². The van der Waals surface area contributed by atoms with Gasteiger partial charge in [-0.1, -0.05) is 35.1 Å². The van der Waals surface area contributed by atoms with Gasteiger partial charge in [0.2, 0.25) is 5.13 Å². The predicted molar refractivity (Wildman–Crippen MR) is 127 cm³/mol. The van der Waals surface area contributed by atoms with Crippen LogP contribution in [0.15, 0.2) is 60.8 Å². The Hall–Kier alpha value is -4.15. The van der Waals surface area contributed by atoms with Crippen LogP contribution in [0, 0.1) is 0 Å². The lowest BCUT2D eigenvalue weighted by atomic mass is 10.1. The molecule has 0 spiro atoms. The van der Waals surface area contributed by atoms with Gasteiger partial charge in [-0.15, -0.1) is 10.2 Å². The van der Waals surface area contributed by atoms with Gasteiger partial charge in [0.25, 0.3) is 5.91 Å². The first-order chi connectivity index (χ1) is 16.0. The van der Waals surface area contributed by atoms with Crippen molar-refractivity contribution in [1.29, 1.82) is 0 Å². The number of hydrogen-bond donors (Lipinski definition) is 5. The average Bonchev–Trinajstić information content (AvgIpc) is 3.45. The minimum Gasteiger partial charge on any atom is -0.508 e. The minimum atomic E-state index is -0.470. The Bertz CT molecular complexity index is 1480. The van der Waals surface area contributed by atoms with Gasteiger partial charge >= 0.3 is 0 Å². The van der Waals surface area contributed by atoms with Crippen molar-refractivity contribution in [2.24, 2.45) is 0 Å². The number of anilines is 3. The van der Waals surface area contributed by atoms with Gasteiger partial charge in [-0.2, -0.15) is 5.10 Å². The van der Waals surface area contributed by atoms with E-state index in [4.69, 9.17) is 11.6 Å². The van der Waals surface area contributed by atoms with Crippen molar-refractivity contribution in [3.05, 3.63) is 71.4 Å². The molecular formula is C22H15ClN6O3S. The molecule has 0 aliphatic heterocycles. The van der Waals surface area contributed by atoms with Crippen LogP contribution in [-0.2, 0) is 0 Å². The van der Waals surface area contributed by atoms with Gasteiger partial charge in [0, 0.05) is 28.3 Å². The van der Waals surface area contributed by atoms with Crippen LogP contribution in [0.1, 0.15) is 10.4 Å². The van der Waals surface area contributed by atoms with Crippen LogP contribution in [0.2, 0.25) is 5.02 Å². The molecule has 33 heavy (non-hydrogen) atoms. The third kappa shape index (κ3) is 4.29. The number of phenolic OH excluding ortho intramolecular Hbond substituents is 2. The normalized spacial score (nSPS) is 10.9. The van der Waals surface area contributed by atoms with Crippen LogP contribution < -0.4 is 10.6 Å². The van der Waals surface area contributed by atoms with E-state index in [1.165, 1.54) is 23.5 Å². The molecule has 164 valence electrons. The van der Waals surface area contributed by atoms with Crippen molar-refractivity contribution in [3.8, 4) is 22.1 Å². The fraction of sp³-hybridized carbons (Fsp3) is 0. The highest BCUT2D eigenvalue weighted by Gasteiger charge is 2.13. The summed E-state index contributed by atoms with van der Waals surface area (Å²) in [6, 6.07) is 14.5. The number of aromatic hydroxyl groups is 2. The van der Waals surface area contributed by atoms with Gasteiger partial charge in [0.05, 0.1) is 22.4 Å². The lowest BCUT2D eigenvalue weighted by molar-refractivity contribution is 0.102. The molecule has 0 aliphatic carbocycles. The summed E-state index contributed by atoms with van der Waals surface area (Å²) in [6.45, 7) is 0. The van der Waals surface area contributed by atoms with E-state index >= 15 is 0 Å². The molecule has 0 saturated heterocycles. The molecule has 11 heteroatoms. The highest BCUT2D eigenvalue weighted by atomic mass is 35.5. The number of fused-ring (bicyclic) bond motifs is 1. The van der Waals surface area contributed by atoms with E-state index < -0.39 is 5.91 Å². The SMILES string of the molecule is O=C(Nc1cccc(-c2nnc(Nc3ccc4[nH]ncc4c3Cl)s2)c1)c1cc(O)cc(O)c1. The number of aromatic amines is 1. The number of nitrogens with one attached hydrogen (secondary N) is 3. The van der Waals surface area contributed by atoms with E-state index in [0.717, 1.165) is 22.5 Å². The quantitative estimate of drug-likeness (QED) is 0.236. The molecule has 0 aliphatic rings. The number of aromatic nitrogens is 4. The number of nitrogens with zero attached hydrogens (tertiary/aromatic N) is 3. The summed E-state index contributed by atoms with van der Waals surface area (Å²) >= 11 is 7.79. The third-order valence-corrected chi connectivity index (χ3v) is 6.05. The van der Waals surface area contributed by atoms with Crippen LogP contribution in [0.5, 0.6) is 11.5 Å². The maximum atomic E-state index is 12.5. The summed E-state index contributed by atoms with van der Waals surface area (Å²) in [5, 5.41) is 42.9. The average molecular weight is 479 g/mol. The van der Waals surface area contributed by atoms with Gasteiger partial charge < -0.3 is 20.8 Å². The van der Waals surface area contributed by atoms with E-state index in [9.17, 15) is 15.0 Å². The molecule has 2 heterocycles.